The average Bonchev–Trinajstić information content (AvgIpc) is 2.80. The lowest BCUT2D eigenvalue weighted by Crippen LogP contribution is -2.41. The maximum Gasteiger partial charge on any atom is 0.236 e. The molecule has 0 aromatic carbocycles. The summed E-state index contributed by atoms with van der Waals surface area (Å²) in [5.74, 6) is 1.89. The first kappa shape index (κ1) is 13.8. The minimum Gasteiger partial charge on any atom is -0.465 e. The van der Waals surface area contributed by atoms with Gasteiger partial charge in [0.15, 0.2) is 0 Å². The Morgan fingerprint density at radius 1 is 1.35 bits per heavy atom. The standard InChI is InChI=1S/C13H22N2O2/c1-4-8-14-13(16)10(3)15-9-12-7-6-11(5-2)17-12/h6-7,10,15H,4-5,8-9H2,1-3H3,(H,14,16). The number of hydrogen-bond acceptors (Lipinski definition) is 3. The molecule has 0 fully saturated rings. The monoisotopic (exact) mass is 238 g/mol. The normalized spacial score (nSPS) is 12.4. The quantitative estimate of drug-likeness (QED) is 0.762. The first-order valence-corrected chi connectivity index (χ1v) is 6.26. The van der Waals surface area contributed by atoms with Crippen LogP contribution in [0.1, 0.15) is 38.7 Å². The molecule has 17 heavy (non-hydrogen) atoms. The average molecular weight is 238 g/mol. The second-order valence-electron chi connectivity index (χ2n) is 4.12. The van der Waals surface area contributed by atoms with Crippen LogP contribution in [0.2, 0.25) is 0 Å². The fourth-order valence-electron chi connectivity index (χ4n) is 1.46. The van der Waals surface area contributed by atoms with Gasteiger partial charge in [0.2, 0.25) is 5.91 Å². The van der Waals surface area contributed by atoms with E-state index < -0.39 is 0 Å². The van der Waals surface area contributed by atoms with Crippen LogP contribution in [0.25, 0.3) is 0 Å². The van der Waals surface area contributed by atoms with Gasteiger partial charge in [0, 0.05) is 13.0 Å². The van der Waals surface area contributed by atoms with Crippen molar-refractivity contribution in [1.82, 2.24) is 10.6 Å². The molecule has 0 saturated carbocycles. The van der Waals surface area contributed by atoms with Crippen molar-refractivity contribution in [3.8, 4) is 0 Å². The number of amides is 1. The largest absolute Gasteiger partial charge is 0.465 e. The smallest absolute Gasteiger partial charge is 0.236 e. The zero-order valence-electron chi connectivity index (χ0n) is 10.9. The Balaban J connectivity index is 2.31. The Bertz CT molecular complexity index is 347. The molecule has 0 aliphatic heterocycles. The van der Waals surface area contributed by atoms with Crippen molar-refractivity contribution < 1.29 is 9.21 Å². The van der Waals surface area contributed by atoms with Gasteiger partial charge in [-0.05, 0) is 25.5 Å². The molecule has 0 saturated heterocycles. The Hall–Kier alpha value is -1.29. The van der Waals surface area contributed by atoms with E-state index in [1.807, 2.05) is 26.0 Å². The lowest BCUT2D eigenvalue weighted by atomic mass is 10.3. The molecule has 4 nitrogen and oxygen atoms in total. The van der Waals surface area contributed by atoms with Crippen LogP contribution < -0.4 is 10.6 Å². The molecule has 4 heteroatoms. The predicted molar refractivity (Wildman–Crippen MR) is 67.7 cm³/mol. The van der Waals surface area contributed by atoms with Gasteiger partial charge in [-0.1, -0.05) is 13.8 Å². The minimum atomic E-state index is -0.197. The number of carbonyl (C=O) groups excluding carboxylic acids is 1. The molecule has 0 spiro atoms. The molecule has 1 atom stereocenters. The summed E-state index contributed by atoms with van der Waals surface area (Å²) in [6.45, 7) is 7.26. The topological polar surface area (TPSA) is 54.3 Å². The Morgan fingerprint density at radius 3 is 2.65 bits per heavy atom. The van der Waals surface area contributed by atoms with E-state index in [1.54, 1.807) is 0 Å². The van der Waals surface area contributed by atoms with E-state index in [-0.39, 0.29) is 11.9 Å². The van der Waals surface area contributed by atoms with Gasteiger partial charge in [-0.3, -0.25) is 10.1 Å². The van der Waals surface area contributed by atoms with Gasteiger partial charge in [-0.2, -0.15) is 0 Å². The highest BCUT2D eigenvalue weighted by Crippen LogP contribution is 2.08. The summed E-state index contributed by atoms with van der Waals surface area (Å²) in [4.78, 5) is 11.6. The fourth-order valence-corrected chi connectivity index (χ4v) is 1.46. The van der Waals surface area contributed by atoms with Crippen molar-refractivity contribution in [2.75, 3.05) is 6.54 Å². The van der Waals surface area contributed by atoms with Crippen molar-refractivity contribution >= 4 is 5.91 Å². The molecule has 0 radical (unpaired) electrons. The van der Waals surface area contributed by atoms with E-state index >= 15 is 0 Å². The van der Waals surface area contributed by atoms with Crippen LogP contribution in [-0.2, 0) is 17.8 Å². The molecule has 1 rings (SSSR count). The second-order valence-corrected chi connectivity index (χ2v) is 4.12. The van der Waals surface area contributed by atoms with E-state index in [9.17, 15) is 4.79 Å². The summed E-state index contributed by atoms with van der Waals surface area (Å²) in [5.41, 5.74) is 0. The molecule has 0 bridgehead atoms. The number of hydrogen-bond donors (Lipinski definition) is 2. The highest BCUT2D eigenvalue weighted by Gasteiger charge is 2.11. The van der Waals surface area contributed by atoms with Crippen LogP contribution in [-0.4, -0.2) is 18.5 Å². The number of aryl methyl sites for hydroxylation is 1. The van der Waals surface area contributed by atoms with Crippen LogP contribution in [0.5, 0.6) is 0 Å². The molecule has 1 aromatic heterocycles. The summed E-state index contributed by atoms with van der Waals surface area (Å²) in [6.07, 6.45) is 1.85. The third kappa shape index (κ3) is 4.61. The van der Waals surface area contributed by atoms with Crippen molar-refractivity contribution in [1.29, 1.82) is 0 Å². The predicted octanol–water partition coefficient (Wildman–Crippen LogP) is 1.85. The van der Waals surface area contributed by atoms with Crippen molar-refractivity contribution in [3.05, 3.63) is 23.7 Å². The SMILES string of the molecule is CCCNC(=O)C(C)NCc1ccc(CC)o1. The summed E-state index contributed by atoms with van der Waals surface area (Å²) in [7, 11) is 0. The molecule has 1 aromatic rings. The van der Waals surface area contributed by atoms with Crippen LogP contribution in [0, 0.1) is 0 Å². The van der Waals surface area contributed by atoms with Crippen LogP contribution >= 0.6 is 0 Å². The van der Waals surface area contributed by atoms with Crippen molar-refractivity contribution in [3.63, 3.8) is 0 Å². The first-order chi connectivity index (χ1) is 8.17. The first-order valence-electron chi connectivity index (χ1n) is 6.26. The fraction of sp³-hybridized carbons (Fsp3) is 0.615. The number of nitrogens with one attached hydrogen (secondary N) is 2. The number of rotatable bonds is 7. The summed E-state index contributed by atoms with van der Waals surface area (Å²) < 4.78 is 5.55. The molecule has 96 valence electrons. The van der Waals surface area contributed by atoms with Crippen LogP contribution in [0.3, 0.4) is 0 Å². The van der Waals surface area contributed by atoms with E-state index in [4.69, 9.17) is 4.42 Å². The highest BCUT2D eigenvalue weighted by molar-refractivity contribution is 5.81. The minimum absolute atomic E-state index is 0.0362. The van der Waals surface area contributed by atoms with Gasteiger partial charge in [0.1, 0.15) is 11.5 Å². The van der Waals surface area contributed by atoms with E-state index in [0.717, 1.165) is 30.9 Å². The molecular weight excluding hydrogens is 216 g/mol. The molecule has 0 aliphatic rings. The third-order valence-corrected chi connectivity index (χ3v) is 2.59. The van der Waals surface area contributed by atoms with Crippen molar-refractivity contribution in [2.24, 2.45) is 0 Å². The zero-order valence-corrected chi connectivity index (χ0v) is 10.9. The molecule has 1 amide bonds. The summed E-state index contributed by atoms with van der Waals surface area (Å²) >= 11 is 0. The van der Waals surface area contributed by atoms with Gasteiger partial charge in [0.25, 0.3) is 0 Å². The van der Waals surface area contributed by atoms with Gasteiger partial charge in [-0.25, -0.2) is 0 Å². The third-order valence-electron chi connectivity index (χ3n) is 2.59. The Labute approximate surface area is 103 Å². The lowest BCUT2D eigenvalue weighted by Gasteiger charge is -2.12. The maximum atomic E-state index is 11.6. The second kappa shape index (κ2) is 7.12. The zero-order chi connectivity index (χ0) is 12.7. The highest BCUT2D eigenvalue weighted by atomic mass is 16.3. The molecular formula is C13H22N2O2. The molecule has 0 aliphatic carbocycles. The Morgan fingerprint density at radius 2 is 2.06 bits per heavy atom. The van der Waals surface area contributed by atoms with E-state index in [1.165, 1.54) is 0 Å². The van der Waals surface area contributed by atoms with Crippen LogP contribution in [0.15, 0.2) is 16.5 Å². The van der Waals surface area contributed by atoms with Gasteiger partial charge >= 0.3 is 0 Å². The van der Waals surface area contributed by atoms with Crippen LogP contribution in [0.4, 0.5) is 0 Å². The molecule has 1 unspecified atom stereocenters. The molecule has 1 heterocycles. The van der Waals surface area contributed by atoms with E-state index in [2.05, 4.69) is 17.6 Å². The lowest BCUT2D eigenvalue weighted by molar-refractivity contribution is -0.122. The Kier molecular flexibility index (Phi) is 5.77. The number of furan rings is 1. The van der Waals surface area contributed by atoms with Gasteiger partial charge in [-0.15, -0.1) is 0 Å². The maximum absolute atomic E-state index is 11.6. The molecule has 2 N–H and O–H groups in total. The van der Waals surface area contributed by atoms with E-state index in [0.29, 0.717) is 6.54 Å². The van der Waals surface area contributed by atoms with Gasteiger partial charge in [0.05, 0.1) is 12.6 Å². The van der Waals surface area contributed by atoms with Gasteiger partial charge < -0.3 is 9.73 Å². The number of carbonyl (C=O) groups is 1. The summed E-state index contributed by atoms with van der Waals surface area (Å²) in [6, 6.07) is 3.72. The van der Waals surface area contributed by atoms with Crippen molar-refractivity contribution in [2.45, 2.75) is 46.2 Å². The summed E-state index contributed by atoms with van der Waals surface area (Å²) in [5, 5.41) is 5.99.